The summed E-state index contributed by atoms with van der Waals surface area (Å²) in [6.45, 7) is 0.989. The summed E-state index contributed by atoms with van der Waals surface area (Å²) < 4.78 is 56.9. The number of aromatic nitrogens is 2. The first-order chi connectivity index (χ1) is 14.5. The van der Waals surface area contributed by atoms with Gasteiger partial charge in [-0.05, 0) is 36.1 Å². The Balaban J connectivity index is 1.74. The maximum atomic E-state index is 13.4. The Bertz CT molecular complexity index is 1110. The number of rotatable bonds is 6. The Labute approximate surface area is 178 Å². The highest BCUT2D eigenvalue weighted by Crippen LogP contribution is 2.44. The summed E-state index contributed by atoms with van der Waals surface area (Å²) in [5, 5.41) is 0.174. The zero-order valence-electron chi connectivity index (χ0n) is 16.1. The second-order valence-electron chi connectivity index (χ2n) is 6.86. The van der Waals surface area contributed by atoms with Gasteiger partial charge in [0.1, 0.15) is 22.8 Å². The molecule has 0 unspecified atom stereocenters. The van der Waals surface area contributed by atoms with E-state index in [0.717, 1.165) is 29.1 Å². The van der Waals surface area contributed by atoms with E-state index in [1.165, 1.54) is 31.6 Å². The van der Waals surface area contributed by atoms with Gasteiger partial charge in [0.15, 0.2) is 0 Å². The molecule has 1 aliphatic heterocycles. The van der Waals surface area contributed by atoms with E-state index in [4.69, 9.17) is 9.47 Å². The van der Waals surface area contributed by atoms with Crippen LogP contribution in [0.25, 0.3) is 0 Å². The molecule has 4 rings (SSSR count). The van der Waals surface area contributed by atoms with E-state index in [1.54, 1.807) is 18.2 Å². The van der Waals surface area contributed by atoms with Gasteiger partial charge in [-0.3, -0.25) is 4.72 Å². The lowest BCUT2D eigenvalue weighted by atomic mass is 9.78. The second-order valence-corrected chi connectivity index (χ2v) is 9.29. The smallest absolute Gasteiger partial charge is 0.267 e. The molecule has 0 bridgehead atoms. The number of benzene rings is 2. The fourth-order valence-corrected chi connectivity index (χ4v) is 5.66. The van der Waals surface area contributed by atoms with Gasteiger partial charge in [0.25, 0.3) is 10.0 Å². The summed E-state index contributed by atoms with van der Waals surface area (Å²) in [6, 6.07) is 11.4. The van der Waals surface area contributed by atoms with Crippen molar-refractivity contribution in [3.8, 4) is 5.75 Å². The van der Waals surface area contributed by atoms with E-state index in [-0.39, 0.29) is 33.4 Å². The van der Waals surface area contributed by atoms with Crippen molar-refractivity contribution < 1.29 is 22.3 Å². The maximum Gasteiger partial charge on any atom is 0.267 e. The van der Waals surface area contributed by atoms with Crippen molar-refractivity contribution in [3.05, 3.63) is 65.7 Å². The van der Waals surface area contributed by atoms with Crippen LogP contribution in [0.3, 0.4) is 0 Å². The van der Waals surface area contributed by atoms with Crippen LogP contribution < -0.4 is 9.46 Å². The summed E-state index contributed by atoms with van der Waals surface area (Å²) in [7, 11) is -2.49. The Morgan fingerprint density at radius 2 is 2.00 bits per heavy atom. The lowest BCUT2D eigenvalue weighted by Crippen LogP contribution is -2.25. The minimum atomic E-state index is -3.93. The molecule has 0 radical (unpaired) electrons. The molecule has 0 spiro atoms. The van der Waals surface area contributed by atoms with Crippen LogP contribution in [0.4, 0.5) is 9.52 Å². The van der Waals surface area contributed by atoms with Gasteiger partial charge >= 0.3 is 0 Å². The van der Waals surface area contributed by atoms with Crippen molar-refractivity contribution >= 4 is 26.7 Å². The number of hydrogen-bond donors (Lipinski definition) is 1. The number of para-hydroxylation sites is 1. The number of ether oxygens (including phenoxy) is 2. The molecule has 2 aromatic carbocycles. The van der Waals surface area contributed by atoms with E-state index in [9.17, 15) is 12.8 Å². The predicted molar refractivity (Wildman–Crippen MR) is 111 cm³/mol. The van der Waals surface area contributed by atoms with Gasteiger partial charge in [-0.25, -0.2) is 17.8 Å². The minimum Gasteiger partial charge on any atom is -0.495 e. The first-order valence-corrected chi connectivity index (χ1v) is 11.5. The summed E-state index contributed by atoms with van der Waals surface area (Å²) in [5.41, 5.74) is 1.71. The molecule has 0 amide bonds. The summed E-state index contributed by atoms with van der Waals surface area (Å²) in [6.07, 6.45) is 2.02. The van der Waals surface area contributed by atoms with Crippen LogP contribution in [0, 0.1) is 5.82 Å². The molecule has 10 heteroatoms. The molecule has 2 heterocycles. The normalized spacial score (nSPS) is 19.4. The molecular weight excluding hydrogens is 429 g/mol. The Morgan fingerprint density at radius 3 is 2.70 bits per heavy atom. The van der Waals surface area contributed by atoms with Crippen molar-refractivity contribution in [2.45, 2.75) is 23.2 Å². The van der Waals surface area contributed by atoms with Crippen LogP contribution >= 0.6 is 11.5 Å². The van der Waals surface area contributed by atoms with Gasteiger partial charge in [-0.1, -0.05) is 24.3 Å². The molecular formula is C20H20FN3O4S2. The van der Waals surface area contributed by atoms with Gasteiger partial charge in [0, 0.05) is 29.6 Å². The standard InChI is InChI=1S/C20H20FN3O4S2/c1-27-19-16(3-2-4-18(19)30(25,26)24-20-22-12-23-29-20)17-11-28-10-9-15(17)13-5-7-14(21)8-6-13/h2-8,12,15,17H,9-11H2,1H3,(H,22,23,24)/t15-,17+/m0/s1. The first-order valence-electron chi connectivity index (χ1n) is 9.29. The number of sulfonamides is 1. The molecule has 1 aromatic heterocycles. The lowest BCUT2D eigenvalue weighted by molar-refractivity contribution is 0.0667. The van der Waals surface area contributed by atoms with Gasteiger partial charge in [0.2, 0.25) is 5.13 Å². The molecule has 158 valence electrons. The highest BCUT2D eigenvalue weighted by Gasteiger charge is 2.33. The van der Waals surface area contributed by atoms with Crippen molar-refractivity contribution in [2.24, 2.45) is 0 Å². The number of nitrogens with one attached hydrogen (secondary N) is 1. The monoisotopic (exact) mass is 449 g/mol. The van der Waals surface area contributed by atoms with Crippen LogP contribution in [-0.2, 0) is 14.8 Å². The second kappa shape index (κ2) is 8.66. The number of hydrogen-bond acceptors (Lipinski definition) is 7. The largest absolute Gasteiger partial charge is 0.495 e. The molecule has 1 aliphatic rings. The van der Waals surface area contributed by atoms with Crippen LogP contribution in [0.1, 0.15) is 29.4 Å². The van der Waals surface area contributed by atoms with Crippen molar-refractivity contribution in [1.82, 2.24) is 9.36 Å². The molecule has 0 aliphatic carbocycles. The van der Waals surface area contributed by atoms with Gasteiger partial charge in [-0.2, -0.15) is 4.37 Å². The van der Waals surface area contributed by atoms with E-state index in [2.05, 4.69) is 14.1 Å². The maximum absolute atomic E-state index is 13.4. The van der Waals surface area contributed by atoms with Crippen molar-refractivity contribution in [2.75, 3.05) is 25.0 Å². The molecule has 3 aromatic rings. The predicted octanol–water partition coefficient (Wildman–Crippen LogP) is 3.77. The average Bonchev–Trinajstić information content (AvgIpc) is 3.26. The number of anilines is 1. The molecule has 1 N–H and O–H groups in total. The minimum absolute atomic E-state index is 0.0149. The van der Waals surface area contributed by atoms with E-state index in [1.807, 2.05) is 6.07 Å². The fraction of sp³-hybridized carbons (Fsp3) is 0.300. The Morgan fingerprint density at radius 1 is 1.20 bits per heavy atom. The zero-order valence-corrected chi connectivity index (χ0v) is 17.7. The summed E-state index contributed by atoms with van der Waals surface area (Å²) in [4.78, 5) is 3.89. The third-order valence-electron chi connectivity index (χ3n) is 5.14. The van der Waals surface area contributed by atoms with Crippen LogP contribution in [0.5, 0.6) is 5.75 Å². The van der Waals surface area contributed by atoms with Crippen LogP contribution in [0.2, 0.25) is 0 Å². The molecule has 1 fully saturated rings. The lowest BCUT2D eigenvalue weighted by Gasteiger charge is -2.33. The zero-order chi connectivity index (χ0) is 21.1. The van der Waals surface area contributed by atoms with Crippen LogP contribution in [-0.4, -0.2) is 38.1 Å². The van der Waals surface area contributed by atoms with E-state index < -0.39 is 10.0 Å². The topological polar surface area (TPSA) is 90.4 Å². The third-order valence-corrected chi connectivity index (χ3v) is 7.21. The first kappa shape index (κ1) is 20.7. The Hall–Kier alpha value is -2.56. The molecule has 30 heavy (non-hydrogen) atoms. The van der Waals surface area contributed by atoms with Crippen LogP contribution in [0.15, 0.2) is 53.7 Å². The quantitative estimate of drug-likeness (QED) is 0.616. The average molecular weight is 450 g/mol. The van der Waals surface area contributed by atoms with E-state index >= 15 is 0 Å². The van der Waals surface area contributed by atoms with E-state index in [0.29, 0.717) is 13.2 Å². The Kier molecular flexibility index (Phi) is 5.98. The summed E-state index contributed by atoms with van der Waals surface area (Å²) >= 11 is 0.946. The SMILES string of the molecule is COc1c([C@@H]2COCC[C@H]2c2ccc(F)cc2)cccc1S(=O)(=O)Nc1ncns1. The van der Waals surface area contributed by atoms with Gasteiger partial charge in [-0.15, -0.1) is 0 Å². The number of halogens is 1. The molecule has 1 saturated heterocycles. The van der Waals surface area contributed by atoms with Crippen molar-refractivity contribution in [3.63, 3.8) is 0 Å². The molecule has 7 nitrogen and oxygen atoms in total. The number of methoxy groups -OCH3 is 1. The third kappa shape index (κ3) is 4.16. The highest BCUT2D eigenvalue weighted by molar-refractivity contribution is 7.93. The highest BCUT2D eigenvalue weighted by atomic mass is 32.2. The molecule has 0 saturated carbocycles. The van der Waals surface area contributed by atoms with Gasteiger partial charge in [0.05, 0.1) is 13.7 Å². The fourth-order valence-electron chi connectivity index (χ4n) is 3.80. The number of nitrogens with zero attached hydrogens (tertiary/aromatic N) is 2. The van der Waals surface area contributed by atoms with Crippen molar-refractivity contribution in [1.29, 1.82) is 0 Å². The van der Waals surface area contributed by atoms with Gasteiger partial charge < -0.3 is 9.47 Å². The molecule has 2 atom stereocenters. The summed E-state index contributed by atoms with van der Waals surface area (Å²) in [5.74, 6) is -0.133.